The molecule has 0 unspecified atom stereocenters. The van der Waals surface area contributed by atoms with Gasteiger partial charge in [-0.05, 0) is 32.9 Å². The van der Waals surface area contributed by atoms with Crippen molar-refractivity contribution >= 4 is 52.8 Å². The van der Waals surface area contributed by atoms with Gasteiger partial charge in [-0.2, -0.15) is 4.98 Å². The smallest absolute Gasteiger partial charge is 0.410 e. The predicted octanol–water partition coefficient (Wildman–Crippen LogP) is 3.88. The van der Waals surface area contributed by atoms with Crippen LogP contribution in [-0.4, -0.2) is 52.3 Å². The van der Waals surface area contributed by atoms with E-state index in [9.17, 15) is 9.59 Å². The van der Waals surface area contributed by atoms with Crippen LogP contribution in [0.4, 0.5) is 16.6 Å². The number of rotatable bonds is 3. The van der Waals surface area contributed by atoms with Gasteiger partial charge in [0.2, 0.25) is 5.95 Å². The third-order valence-corrected chi connectivity index (χ3v) is 6.67. The number of ether oxygens (including phenoxy) is 1. The molecule has 1 aromatic heterocycles. The average molecular weight is 486 g/mol. The lowest BCUT2D eigenvalue weighted by Crippen LogP contribution is -2.51. The quantitative estimate of drug-likeness (QED) is 0.704. The summed E-state index contributed by atoms with van der Waals surface area (Å²) in [5.41, 5.74) is 5.32. The van der Waals surface area contributed by atoms with Gasteiger partial charge in [0.1, 0.15) is 16.3 Å². The second kappa shape index (κ2) is 9.18. The Balaban J connectivity index is 1.78. The summed E-state index contributed by atoms with van der Waals surface area (Å²) in [6, 6.07) is 5.19. The van der Waals surface area contributed by atoms with Crippen molar-refractivity contribution in [2.45, 2.75) is 36.2 Å². The molecule has 0 bridgehead atoms. The molecule has 1 fully saturated rings. The Morgan fingerprint density at radius 3 is 2.45 bits per heavy atom. The minimum atomic E-state index is -0.548. The van der Waals surface area contributed by atoms with Crippen LogP contribution < -0.4 is 16.2 Å². The van der Waals surface area contributed by atoms with Gasteiger partial charge in [-0.15, -0.1) is 0 Å². The maximum absolute atomic E-state index is 13.0. The van der Waals surface area contributed by atoms with Crippen molar-refractivity contribution in [3.05, 3.63) is 38.6 Å². The molecule has 0 aliphatic carbocycles. The van der Waals surface area contributed by atoms with E-state index in [4.69, 9.17) is 33.7 Å². The first-order chi connectivity index (χ1) is 14.5. The number of aromatic nitrogens is 2. The van der Waals surface area contributed by atoms with Crippen molar-refractivity contribution < 1.29 is 9.53 Å². The lowest BCUT2D eigenvalue weighted by Gasteiger charge is -2.36. The molecular formula is C20H25Cl2N5O3S. The van der Waals surface area contributed by atoms with E-state index < -0.39 is 5.60 Å². The molecular weight excluding hydrogens is 461 g/mol. The molecule has 0 saturated carbocycles. The maximum atomic E-state index is 13.0. The van der Waals surface area contributed by atoms with Crippen LogP contribution in [0.3, 0.4) is 0 Å². The predicted molar refractivity (Wildman–Crippen MR) is 124 cm³/mol. The van der Waals surface area contributed by atoms with Gasteiger partial charge in [0, 0.05) is 38.1 Å². The largest absolute Gasteiger partial charge is 0.444 e. The molecule has 0 atom stereocenters. The first kappa shape index (κ1) is 23.6. The number of benzene rings is 1. The molecule has 8 nitrogen and oxygen atoms in total. The number of amides is 1. The first-order valence-corrected chi connectivity index (χ1v) is 11.3. The van der Waals surface area contributed by atoms with E-state index in [-0.39, 0.29) is 22.4 Å². The lowest BCUT2D eigenvalue weighted by atomic mass is 10.2. The van der Waals surface area contributed by atoms with E-state index in [1.807, 2.05) is 25.7 Å². The van der Waals surface area contributed by atoms with Gasteiger partial charge in [0.15, 0.2) is 0 Å². The summed E-state index contributed by atoms with van der Waals surface area (Å²) in [4.78, 5) is 34.2. The topological polar surface area (TPSA) is 93.7 Å². The Hall–Kier alpha value is -2.10. The first-order valence-electron chi connectivity index (χ1n) is 9.69. The van der Waals surface area contributed by atoms with Gasteiger partial charge in [0.05, 0.1) is 10.0 Å². The summed E-state index contributed by atoms with van der Waals surface area (Å²) in [6.45, 7) is 7.43. The molecule has 0 spiro atoms. The molecule has 1 amide bonds. The van der Waals surface area contributed by atoms with Crippen molar-refractivity contribution in [3.8, 4) is 0 Å². The highest BCUT2D eigenvalue weighted by Gasteiger charge is 2.28. The van der Waals surface area contributed by atoms with Crippen LogP contribution in [0.5, 0.6) is 0 Å². The molecule has 1 aliphatic heterocycles. The number of hydrogen-bond donors (Lipinski definition) is 1. The molecule has 2 N–H and O–H groups in total. The van der Waals surface area contributed by atoms with Crippen molar-refractivity contribution in [1.29, 1.82) is 0 Å². The number of carbonyl (C=O) groups is 1. The fourth-order valence-corrected chi connectivity index (χ4v) is 4.47. The highest BCUT2D eigenvalue weighted by atomic mass is 35.5. The number of piperazine rings is 1. The SMILES string of the molecule is Cn1c(N2CCN(C(=O)OC(C)(C)C)CC2)nc(N)c(Sc2cccc(Cl)c2Cl)c1=O. The fraction of sp³-hybridized carbons (Fsp3) is 0.450. The van der Waals surface area contributed by atoms with Crippen LogP contribution in [0.2, 0.25) is 10.0 Å². The van der Waals surface area contributed by atoms with Gasteiger partial charge in [0.25, 0.3) is 5.56 Å². The van der Waals surface area contributed by atoms with Crippen molar-refractivity contribution in [2.75, 3.05) is 36.8 Å². The molecule has 0 radical (unpaired) electrons. The summed E-state index contributed by atoms with van der Waals surface area (Å²) in [5, 5.41) is 0.757. The van der Waals surface area contributed by atoms with E-state index in [2.05, 4.69) is 4.98 Å². The molecule has 31 heavy (non-hydrogen) atoms. The standard InChI is InChI=1S/C20H25Cl2N5O3S/c1-20(2,3)30-19(29)27-10-8-26(9-11-27)18-24-16(23)15(17(28)25(18)4)31-13-7-5-6-12(21)14(13)22/h5-7H,8-11,23H2,1-4H3. The van der Waals surface area contributed by atoms with Crippen LogP contribution in [0.25, 0.3) is 0 Å². The van der Waals surface area contributed by atoms with Crippen LogP contribution >= 0.6 is 35.0 Å². The minimum absolute atomic E-state index is 0.119. The van der Waals surface area contributed by atoms with E-state index in [0.717, 1.165) is 11.8 Å². The molecule has 1 aromatic carbocycles. The zero-order valence-electron chi connectivity index (χ0n) is 17.8. The summed E-state index contributed by atoms with van der Waals surface area (Å²) in [7, 11) is 1.65. The Morgan fingerprint density at radius 2 is 1.84 bits per heavy atom. The third kappa shape index (κ3) is 5.39. The summed E-state index contributed by atoms with van der Waals surface area (Å²) < 4.78 is 6.88. The highest BCUT2D eigenvalue weighted by molar-refractivity contribution is 7.99. The molecule has 1 aliphatic rings. The van der Waals surface area contributed by atoms with E-state index >= 15 is 0 Å². The number of hydrogen-bond acceptors (Lipinski definition) is 7. The van der Waals surface area contributed by atoms with Crippen LogP contribution in [-0.2, 0) is 11.8 Å². The van der Waals surface area contributed by atoms with Crippen LogP contribution in [0.15, 0.2) is 32.8 Å². The van der Waals surface area contributed by atoms with Gasteiger partial charge in [-0.3, -0.25) is 9.36 Å². The lowest BCUT2D eigenvalue weighted by molar-refractivity contribution is 0.0240. The molecule has 2 aromatic rings. The van der Waals surface area contributed by atoms with Crippen molar-refractivity contribution in [2.24, 2.45) is 7.05 Å². The van der Waals surface area contributed by atoms with E-state index in [1.165, 1.54) is 4.57 Å². The summed E-state index contributed by atoms with van der Waals surface area (Å²) in [6.07, 6.45) is -0.348. The second-order valence-electron chi connectivity index (χ2n) is 8.10. The van der Waals surface area contributed by atoms with Gasteiger partial charge in [-0.25, -0.2) is 4.79 Å². The van der Waals surface area contributed by atoms with Crippen LogP contribution in [0.1, 0.15) is 20.8 Å². The maximum Gasteiger partial charge on any atom is 0.410 e. The highest BCUT2D eigenvalue weighted by Crippen LogP contribution is 2.37. The van der Waals surface area contributed by atoms with E-state index in [1.54, 1.807) is 30.1 Å². The Labute approximate surface area is 195 Å². The molecule has 168 valence electrons. The second-order valence-corrected chi connectivity index (χ2v) is 9.94. The number of anilines is 2. The van der Waals surface area contributed by atoms with Gasteiger partial charge < -0.3 is 20.3 Å². The zero-order valence-corrected chi connectivity index (χ0v) is 20.1. The Bertz CT molecular complexity index is 1050. The summed E-state index contributed by atoms with van der Waals surface area (Å²) in [5.74, 6) is 0.571. The normalized spacial score (nSPS) is 14.6. The minimum Gasteiger partial charge on any atom is -0.444 e. The Morgan fingerprint density at radius 1 is 1.19 bits per heavy atom. The zero-order chi connectivity index (χ0) is 22.9. The number of carbonyl (C=O) groups excluding carboxylic acids is 1. The summed E-state index contributed by atoms with van der Waals surface area (Å²) >= 11 is 13.4. The molecule has 11 heteroatoms. The fourth-order valence-electron chi connectivity index (χ4n) is 3.05. The Kier molecular flexibility index (Phi) is 6.98. The van der Waals surface area contributed by atoms with Crippen LogP contribution in [0, 0.1) is 0 Å². The number of nitrogens with zero attached hydrogens (tertiary/aromatic N) is 4. The van der Waals surface area contributed by atoms with E-state index in [0.29, 0.717) is 47.1 Å². The van der Waals surface area contributed by atoms with Crippen molar-refractivity contribution in [3.63, 3.8) is 0 Å². The van der Waals surface area contributed by atoms with Crippen molar-refractivity contribution in [1.82, 2.24) is 14.5 Å². The number of nitrogen functional groups attached to an aromatic ring is 1. The third-order valence-electron chi connectivity index (χ3n) is 4.59. The van der Waals surface area contributed by atoms with Gasteiger partial charge in [-0.1, -0.05) is 41.0 Å². The average Bonchev–Trinajstić information content (AvgIpc) is 2.70. The number of nitrogens with two attached hydrogens (primary N) is 1. The molecule has 1 saturated heterocycles. The molecule has 2 heterocycles. The number of halogens is 2. The monoisotopic (exact) mass is 485 g/mol. The van der Waals surface area contributed by atoms with Gasteiger partial charge >= 0.3 is 6.09 Å². The molecule has 3 rings (SSSR count).